The van der Waals surface area contributed by atoms with Crippen molar-refractivity contribution in [3.05, 3.63) is 16.3 Å². The lowest BCUT2D eigenvalue weighted by Crippen LogP contribution is -2.18. The first-order chi connectivity index (χ1) is 8.04. The number of anilines is 2. The second kappa shape index (κ2) is 5.94. The third-order valence-electron chi connectivity index (χ3n) is 2.16. The van der Waals surface area contributed by atoms with Gasteiger partial charge in [-0.1, -0.05) is 0 Å². The quantitative estimate of drug-likeness (QED) is 0.489. The van der Waals surface area contributed by atoms with Gasteiger partial charge in [0.15, 0.2) is 0 Å². The molecule has 1 rings (SSSR count). The second-order valence-corrected chi connectivity index (χ2v) is 3.63. The first kappa shape index (κ1) is 13.1. The van der Waals surface area contributed by atoms with Crippen LogP contribution in [0.15, 0.2) is 6.20 Å². The van der Waals surface area contributed by atoms with Gasteiger partial charge in [-0.25, -0.2) is 4.98 Å². The molecule has 1 unspecified atom stereocenters. The lowest BCUT2D eigenvalue weighted by molar-refractivity contribution is -0.384. The van der Waals surface area contributed by atoms with Crippen molar-refractivity contribution >= 4 is 17.5 Å². The molecule has 0 amide bonds. The molecular weight excluding hydrogens is 226 g/mol. The number of aromatic nitrogens is 2. The Morgan fingerprint density at radius 1 is 1.71 bits per heavy atom. The predicted octanol–water partition coefficient (Wildman–Crippen LogP) is 0.540. The van der Waals surface area contributed by atoms with E-state index in [1.807, 2.05) is 6.92 Å². The zero-order chi connectivity index (χ0) is 12.8. The van der Waals surface area contributed by atoms with E-state index < -0.39 is 4.92 Å². The molecule has 1 aromatic heterocycles. The summed E-state index contributed by atoms with van der Waals surface area (Å²) >= 11 is 0. The lowest BCUT2D eigenvalue weighted by Gasteiger charge is -2.13. The van der Waals surface area contributed by atoms with Gasteiger partial charge >= 0.3 is 5.69 Å². The summed E-state index contributed by atoms with van der Waals surface area (Å²) in [6.45, 7) is 1.93. The molecule has 0 aliphatic rings. The van der Waals surface area contributed by atoms with Crippen molar-refractivity contribution in [2.24, 2.45) is 0 Å². The molecule has 0 aliphatic heterocycles. The number of hydrogen-bond acceptors (Lipinski definition) is 7. The SMILES string of the molecule is CC(CCCO)Nc1nc(N)ncc1[N+](=O)[O-]. The number of nitrogen functional groups attached to an aromatic ring is 1. The fourth-order valence-electron chi connectivity index (χ4n) is 1.33. The average molecular weight is 241 g/mol. The summed E-state index contributed by atoms with van der Waals surface area (Å²) in [5.41, 5.74) is 5.17. The van der Waals surface area contributed by atoms with Crippen LogP contribution in [0.1, 0.15) is 19.8 Å². The van der Waals surface area contributed by atoms with Gasteiger partial charge in [0.05, 0.1) is 4.92 Å². The lowest BCUT2D eigenvalue weighted by atomic mass is 10.2. The number of nitro groups is 1. The predicted molar refractivity (Wildman–Crippen MR) is 62.5 cm³/mol. The molecule has 1 atom stereocenters. The van der Waals surface area contributed by atoms with Crippen LogP contribution in [0, 0.1) is 10.1 Å². The zero-order valence-corrected chi connectivity index (χ0v) is 9.46. The van der Waals surface area contributed by atoms with Gasteiger partial charge in [0.1, 0.15) is 6.20 Å². The van der Waals surface area contributed by atoms with Crippen molar-refractivity contribution in [2.45, 2.75) is 25.8 Å². The highest BCUT2D eigenvalue weighted by Crippen LogP contribution is 2.22. The highest BCUT2D eigenvalue weighted by molar-refractivity contribution is 5.56. The van der Waals surface area contributed by atoms with Crippen molar-refractivity contribution in [3.8, 4) is 0 Å². The van der Waals surface area contributed by atoms with E-state index in [4.69, 9.17) is 10.8 Å². The van der Waals surface area contributed by atoms with Crippen LogP contribution in [0.25, 0.3) is 0 Å². The van der Waals surface area contributed by atoms with Crippen LogP contribution in [-0.2, 0) is 0 Å². The molecule has 0 spiro atoms. The van der Waals surface area contributed by atoms with Crippen molar-refractivity contribution < 1.29 is 10.0 Å². The molecule has 0 saturated heterocycles. The van der Waals surface area contributed by atoms with Gasteiger partial charge < -0.3 is 16.2 Å². The Morgan fingerprint density at radius 2 is 2.41 bits per heavy atom. The van der Waals surface area contributed by atoms with E-state index in [1.165, 1.54) is 0 Å². The minimum Gasteiger partial charge on any atom is -0.396 e. The minimum atomic E-state index is -0.569. The Labute approximate surface area is 98.0 Å². The minimum absolute atomic E-state index is 0.0209. The number of rotatable bonds is 6. The summed E-state index contributed by atoms with van der Waals surface area (Å²) in [7, 11) is 0. The highest BCUT2D eigenvalue weighted by atomic mass is 16.6. The first-order valence-corrected chi connectivity index (χ1v) is 5.19. The normalized spacial score (nSPS) is 12.1. The zero-order valence-electron chi connectivity index (χ0n) is 9.46. The molecule has 0 saturated carbocycles. The number of hydrogen-bond donors (Lipinski definition) is 3. The Morgan fingerprint density at radius 3 is 3.00 bits per heavy atom. The molecule has 0 fully saturated rings. The maximum Gasteiger partial charge on any atom is 0.329 e. The van der Waals surface area contributed by atoms with Gasteiger partial charge in [-0.05, 0) is 19.8 Å². The summed E-state index contributed by atoms with van der Waals surface area (Å²) in [4.78, 5) is 17.5. The van der Waals surface area contributed by atoms with Gasteiger partial charge in [-0.2, -0.15) is 4.98 Å². The van der Waals surface area contributed by atoms with Gasteiger partial charge in [0, 0.05) is 12.6 Å². The summed E-state index contributed by atoms with van der Waals surface area (Å²) in [6, 6.07) is -0.0462. The Hall–Kier alpha value is -1.96. The molecule has 8 heteroatoms. The van der Waals surface area contributed by atoms with Crippen LogP contribution in [0.2, 0.25) is 0 Å². The molecule has 0 aromatic carbocycles. The molecule has 94 valence electrons. The van der Waals surface area contributed by atoms with Crippen LogP contribution < -0.4 is 11.1 Å². The van der Waals surface area contributed by atoms with E-state index in [0.29, 0.717) is 12.8 Å². The Bertz CT molecular complexity index is 398. The summed E-state index contributed by atoms with van der Waals surface area (Å²) in [6.07, 6.45) is 2.36. The maximum atomic E-state index is 10.7. The number of nitrogens with one attached hydrogen (secondary N) is 1. The van der Waals surface area contributed by atoms with E-state index in [0.717, 1.165) is 6.20 Å². The molecule has 17 heavy (non-hydrogen) atoms. The molecular formula is C9H15N5O3. The Balaban J connectivity index is 2.81. The molecule has 0 radical (unpaired) electrons. The van der Waals surface area contributed by atoms with Gasteiger partial charge in [-0.3, -0.25) is 10.1 Å². The number of aliphatic hydroxyl groups is 1. The fraction of sp³-hybridized carbons (Fsp3) is 0.556. The highest BCUT2D eigenvalue weighted by Gasteiger charge is 2.17. The standard InChI is InChI=1S/C9H15N5O3/c1-6(3-2-4-15)12-8-7(14(16)17)5-11-9(10)13-8/h5-6,15H,2-4H2,1H3,(H3,10,11,12,13). The average Bonchev–Trinajstić information content (AvgIpc) is 2.26. The van der Waals surface area contributed by atoms with Gasteiger partial charge in [0.25, 0.3) is 0 Å². The molecule has 0 aliphatic carbocycles. The van der Waals surface area contributed by atoms with Gasteiger partial charge in [-0.15, -0.1) is 0 Å². The molecule has 1 aromatic rings. The van der Waals surface area contributed by atoms with Crippen molar-refractivity contribution in [1.82, 2.24) is 9.97 Å². The molecule has 1 heterocycles. The van der Waals surface area contributed by atoms with Crippen LogP contribution in [0.3, 0.4) is 0 Å². The topological polar surface area (TPSA) is 127 Å². The molecule has 8 nitrogen and oxygen atoms in total. The van der Waals surface area contributed by atoms with E-state index in [1.54, 1.807) is 0 Å². The van der Waals surface area contributed by atoms with Crippen molar-refractivity contribution in [3.63, 3.8) is 0 Å². The van der Waals surface area contributed by atoms with E-state index >= 15 is 0 Å². The summed E-state index contributed by atoms with van der Waals surface area (Å²) < 4.78 is 0. The third-order valence-corrected chi connectivity index (χ3v) is 2.16. The summed E-state index contributed by atoms with van der Waals surface area (Å²) in [5, 5.41) is 22.3. The smallest absolute Gasteiger partial charge is 0.329 e. The fourth-order valence-corrected chi connectivity index (χ4v) is 1.33. The largest absolute Gasteiger partial charge is 0.396 e. The van der Waals surface area contributed by atoms with Gasteiger partial charge in [0.2, 0.25) is 11.8 Å². The van der Waals surface area contributed by atoms with Crippen molar-refractivity contribution in [1.29, 1.82) is 0 Å². The van der Waals surface area contributed by atoms with Crippen LogP contribution >= 0.6 is 0 Å². The van der Waals surface area contributed by atoms with E-state index in [2.05, 4.69) is 15.3 Å². The molecule has 0 bridgehead atoms. The van der Waals surface area contributed by atoms with Crippen molar-refractivity contribution in [2.75, 3.05) is 17.7 Å². The number of nitrogens with two attached hydrogens (primary N) is 1. The Kier molecular flexibility index (Phi) is 4.58. The van der Waals surface area contributed by atoms with Crippen LogP contribution in [0.4, 0.5) is 17.5 Å². The second-order valence-electron chi connectivity index (χ2n) is 3.63. The van der Waals surface area contributed by atoms with Crippen LogP contribution in [-0.4, -0.2) is 32.6 Å². The third kappa shape index (κ3) is 3.83. The number of nitrogens with zero attached hydrogens (tertiary/aromatic N) is 3. The first-order valence-electron chi connectivity index (χ1n) is 5.19. The van der Waals surface area contributed by atoms with Crippen LogP contribution in [0.5, 0.6) is 0 Å². The van der Waals surface area contributed by atoms with E-state index in [-0.39, 0.29) is 30.1 Å². The monoisotopic (exact) mass is 241 g/mol. The summed E-state index contributed by atoms with van der Waals surface area (Å²) in [5.74, 6) is 0.0837. The maximum absolute atomic E-state index is 10.7. The molecule has 4 N–H and O–H groups in total. The number of aliphatic hydroxyl groups excluding tert-OH is 1. The van der Waals surface area contributed by atoms with E-state index in [9.17, 15) is 10.1 Å².